The predicted molar refractivity (Wildman–Crippen MR) is 78.8 cm³/mol. The minimum absolute atomic E-state index is 0.00100. The molecule has 1 saturated heterocycles. The van der Waals surface area contributed by atoms with E-state index in [1.165, 1.54) is 13.2 Å². The first-order valence-corrected chi connectivity index (χ1v) is 7.09. The van der Waals surface area contributed by atoms with E-state index in [9.17, 15) is 18.0 Å². The van der Waals surface area contributed by atoms with Crippen LogP contribution in [0.25, 0.3) is 10.8 Å². The molecule has 2 aromatic rings. The Morgan fingerprint density at radius 3 is 2.39 bits per heavy atom. The molecule has 1 aliphatic rings. The molecule has 1 atom stereocenters. The van der Waals surface area contributed by atoms with Gasteiger partial charge in [-0.05, 0) is 22.9 Å². The van der Waals surface area contributed by atoms with Gasteiger partial charge < -0.3 is 4.74 Å². The highest BCUT2D eigenvalue weighted by Crippen LogP contribution is 2.43. The molecule has 1 N–H and O–H groups in total. The summed E-state index contributed by atoms with van der Waals surface area (Å²) >= 11 is 0. The van der Waals surface area contributed by atoms with Gasteiger partial charge in [0.25, 0.3) is 0 Å². The molecule has 7 heteroatoms. The Bertz CT molecular complexity index is 746. The molecule has 122 valence electrons. The number of nitrogens with one attached hydrogen (secondary N) is 1. The zero-order valence-electron chi connectivity index (χ0n) is 12.4. The van der Waals surface area contributed by atoms with Crippen molar-refractivity contribution in [3.63, 3.8) is 0 Å². The first-order valence-electron chi connectivity index (χ1n) is 7.09. The number of hydrogen-bond donors (Lipinski definition) is 1. The molecule has 0 spiro atoms. The van der Waals surface area contributed by atoms with Crippen molar-refractivity contribution in [2.75, 3.05) is 13.7 Å². The van der Waals surface area contributed by atoms with E-state index in [-0.39, 0.29) is 24.3 Å². The van der Waals surface area contributed by atoms with Crippen molar-refractivity contribution in [1.82, 2.24) is 10.4 Å². The maximum atomic E-state index is 13.7. The van der Waals surface area contributed by atoms with E-state index in [1.54, 1.807) is 18.2 Å². The second-order valence-corrected chi connectivity index (χ2v) is 5.36. The Morgan fingerprint density at radius 1 is 1.22 bits per heavy atom. The summed E-state index contributed by atoms with van der Waals surface area (Å²) < 4.78 is 46.1. The predicted octanol–water partition coefficient (Wildman–Crippen LogP) is 3.19. The minimum atomic E-state index is -4.55. The topological polar surface area (TPSA) is 41.6 Å². The average molecular weight is 324 g/mol. The summed E-state index contributed by atoms with van der Waals surface area (Å²) in [6, 6.07) is 8.23. The van der Waals surface area contributed by atoms with E-state index >= 15 is 0 Å². The number of benzene rings is 2. The lowest BCUT2D eigenvalue weighted by Crippen LogP contribution is -2.43. The smallest absolute Gasteiger partial charge is 0.410 e. The SMILES string of the molecule is COc1cc2ccccc2cc1[C@H](N1CCC(=O)N1)C(F)(F)F. The number of carbonyl (C=O) groups excluding carboxylic acids is 1. The second-order valence-electron chi connectivity index (χ2n) is 5.36. The highest BCUT2D eigenvalue weighted by atomic mass is 19.4. The molecule has 1 heterocycles. The molecule has 23 heavy (non-hydrogen) atoms. The van der Waals surface area contributed by atoms with E-state index < -0.39 is 18.1 Å². The average Bonchev–Trinajstić information content (AvgIpc) is 2.91. The standard InChI is InChI=1S/C16H15F3N2O2/c1-23-13-9-11-5-3-2-4-10(11)8-12(13)15(16(17,18)19)21-7-6-14(22)20-21/h2-5,8-9,15H,6-7H2,1H3,(H,20,22)/t15-/m0/s1. The lowest BCUT2D eigenvalue weighted by atomic mass is 9.99. The quantitative estimate of drug-likeness (QED) is 0.943. The van der Waals surface area contributed by atoms with E-state index in [2.05, 4.69) is 5.43 Å². The second kappa shape index (κ2) is 5.73. The molecule has 3 rings (SSSR count). The largest absolute Gasteiger partial charge is 0.496 e. The van der Waals surface area contributed by atoms with Crippen LogP contribution in [0, 0.1) is 0 Å². The molecule has 0 unspecified atom stereocenters. The van der Waals surface area contributed by atoms with Crippen LogP contribution in [0.5, 0.6) is 5.75 Å². The van der Waals surface area contributed by atoms with Gasteiger partial charge in [-0.15, -0.1) is 0 Å². The Labute approximate surface area is 130 Å². The number of hydrogen-bond acceptors (Lipinski definition) is 3. The van der Waals surface area contributed by atoms with Crippen LogP contribution in [0.1, 0.15) is 18.0 Å². The van der Waals surface area contributed by atoms with E-state index in [1.807, 2.05) is 12.1 Å². The van der Waals surface area contributed by atoms with Crippen LogP contribution in [0.3, 0.4) is 0 Å². The van der Waals surface area contributed by atoms with E-state index in [4.69, 9.17) is 4.74 Å². The Morgan fingerprint density at radius 2 is 1.87 bits per heavy atom. The molecule has 0 aliphatic carbocycles. The van der Waals surface area contributed by atoms with E-state index in [0.29, 0.717) is 5.39 Å². The van der Waals surface area contributed by atoms with Gasteiger partial charge in [0.1, 0.15) is 5.75 Å². The van der Waals surface area contributed by atoms with Gasteiger partial charge in [-0.1, -0.05) is 24.3 Å². The number of alkyl halides is 3. The van der Waals surface area contributed by atoms with Crippen LogP contribution in [0.2, 0.25) is 0 Å². The number of fused-ring (bicyclic) bond motifs is 1. The summed E-state index contributed by atoms with van der Waals surface area (Å²) in [5.74, 6) is -0.272. The van der Waals surface area contributed by atoms with Gasteiger partial charge in [0.05, 0.1) is 7.11 Å². The van der Waals surface area contributed by atoms with Crippen molar-refractivity contribution < 1.29 is 22.7 Å². The summed E-state index contributed by atoms with van der Waals surface area (Å²) in [7, 11) is 1.34. The van der Waals surface area contributed by atoms with Crippen LogP contribution < -0.4 is 10.2 Å². The number of carbonyl (C=O) groups is 1. The summed E-state index contributed by atoms with van der Waals surface area (Å²) in [4.78, 5) is 11.3. The first-order chi connectivity index (χ1) is 10.9. The highest BCUT2D eigenvalue weighted by Gasteiger charge is 2.48. The number of nitrogens with zero attached hydrogens (tertiary/aromatic N) is 1. The van der Waals surface area contributed by atoms with Gasteiger partial charge in [-0.3, -0.25) is 10.2 Å². The van der Waals surface area contributed by atoms with Crippen molar-refractivity contribution in [3.8, 4) is 5.75 Å². The number of rotatable bonds is 3. The van der Waals surface area contributed by atoms with Crippen molar-refractivity contribution >= 4 is 16.7 Å². The lowest BCUT2D eigenvalue weighted by molar-refractivity contribution is -0.191. The van der Waals surface area contributed by atoms with Crippen molar-refractivity contribution in [3.05, 3.63) is 42.0 Å². The van der Waals surface area contributed by atoms with Crippen LogP contribution in [-0.2, 0) is 4.79 Å². The normalized spacial score (nSPS) is 17.3. The van der Waals surface area contributed by atoms with Gasteiger partial charge in [0, 0.05) is 18.5 Å². The molecular formula is C16H15F3N2O2. The van der Waals surface area contributed by atoms with Crippen LogP contribution in [-0.4, -0.2) is 30.7 Å². The summed E-state index contributed by atoms with van der Waals surface area (Å²) in [5, 5.41) is 2.40. The lowest BCUT2D eigenvalue weighted by Gasteiger charge is -2.30. The molecule has 4 nitrogen and oxygen atoms in total. The van der Waals surface area contributed by atoms with Crippen LogP contribution >= 0.6 is 0 Å². The third-order valence-electron chi connectivity index (χ3n) is 3.86. The molecule has 0 aromatic heterocycles. The van der Waals surface area contributed by atoms with Crippen molar-refractivity contribution in [1.29, 1.82) is 0 Å². The molecule has 1 amide bonds. The van der Waals surface area contributed by atoms with Crippen LogP contribution in [0.15, 0.2) is 36.4 Å². The zero-order chi connectivity index (χ0) is 16.6. The van der Waals surface area contributed by atoms with Gasteiger partial charge in [0.15, 0.2) is 6.04 Å². The monoisotopic (exact) mass is 324 g/mol. The van der Waals surface area contributed by atoms with E-state index in [0.717, 1.165) is 10.4 Å². The molecule has 1 fully saturated rings. The number of hydrazine groups is 1. The Balaban J connectivity index is 2.14. The number of ether oxygens (including phenoxy) is 1. The Kier molecular flexibility index (Phi) is 3.89. The molecule has 1 aliphatic heterocycles. The van der Waals surface area contributed by atoms with Gasteiger partial charge in [0.2, 0.25) is 5.91 Å². The van der Waals surface area contributed by atoms with Crippen molar-refractivity contribution in [2.24, 2.45) is 0 Å². The number of amides is 1. The molecule has 0 bridgehead atoms. The highest BCUT2D eigenvalue weighted by molar-refractivity contribution is 5.85. The van der Waals surface area contributed by atoms with Crippen molar-refractivity contribution in [2.45, 2.75) is 18.6 Å². The fourth-order valence-corrected chi connectivity index (χ4v) is 2.84. The minimum Gasteiger partial charge on any atom is -0.496 e. The molecule has 0 saturated carbocycles. The van der Waals surface area contributed by atoms with Crippen LogP contribution in [0.4, 0.5) is 13.2 Å². The first kappa shape index (κ1) is 15.6. The van der Waals surface area contributed by atoms with Gasteiger partial charge in [-0.25, -0.2) is 5.01 Å². The summed E-state index contributed by atoms with van der Waals surface area (Å²) in [5.41, 5.74) is 2.26. The maximum absolute atomic E-state index is 13.7. The fourth-order valence-electron chi connectivity index (χ4n) is 2.84. The summed E-state index contributed by atoms with van der Waals surface area (Å²) in [6.45, 7) is -0.00100. The number of halogens is 3. The molecule has 2 aromatic carbocycles. The molecular weight excluding hydrogens is 309 g/mol. The maximum Gasteiger partial charge on any atom is 0.410 e. The third-order valence-corrected chi connectivity index (χ3v) is 3.86. The fraction of sp³-hybridized carbons (Fsp3) is 0.312. The number of methoxy groups -OCH3 is 1. The third kappa shape index (κ3) is 2.96. The Hall–Kier alpha value is -2.28. The van der Waals surface area contributed by atoms with Gasteiger partial charge in [-0.2, -0.15) is 13.2 Å². The summed E-state index contributed by atoms with van der Waals surface area (Å²) in [6.07, 6.45) is -4.50. The zero-order valence-corrected chi connectivity index (χ0v) is 12.4. The molecule has 0 radical (unpaired) electrons. The van der Waals surface area contributed by atoms with Gasteiger partial charge >= 0.3 is 6.18 Å².